The third-order valence-electron chi connectivity index (χ3n) is 2.55. The van der Waals surface area contributed by atoms with E-state index in [1.807, 2.05) is 0 Å². The Morgan fingerprint density at radius 1 is 1.25 bits per heavy atom. The van der Waals surface area contributed by atoms with Gasteiger partial charge in [0.15, 0.2) is 0 Å². The van der Waals surface area contributed by atoms with Crippen LogP contribution in [0.2, 0.25) is 5.02 Å². The largest absolute Gasteiger partial charge is 0.405 e. The fourth-order valence-electron chi connectivity index (χ4n) is 1.58. The molecule has 0 unspecified atom stereocenters. The SMILES string of the molecule is O=C(Cn1nnc(-c2ccccc2Cl)n1)NC(=O)NCC(F)(F)F. The molecule has 0 aliphatic heterocycles. The second kappa shape index (κ2) is 7.25. The highest BCUT2D eigenvalue weighted by Gasteiger charge is 2.28. The van der Waals surface area contributed by atoms with Crippen molar-refractivity contribution in [3.63, 3.8) is 0 Å². The van der Waals surface area contributed by atoms with E-state index in [-0.39, 0.29) is 5.82 Å². The van der Waals surface area contributed by atoms with Crippen LogP contribution in [0.15, 0.2) is 24.3 Å². The van der Waals surface area contributed by atoms with Gasteiger partial charge in [-0.2, -0.15) is 18.0 Å². The lowest BCUT2D eigenvalue weighted by molar-refractivity contribution is -0.125. The van der Waals surface area contributed by atoms with Crippen molar-refractivity contribution in [2.75, 3.05) is 6.54 Å². The van der Waals surface area contributed by atoms with E-state index in [1.54, 1.807) is 29.6 Å². The lowest BCUT2D eigenvalue weighted by Crippen LogP contribution is -2.44. The molecule has 0 saturated heterocycles. The van der Waals surface area contributed by atoms with Crippen LogP contribution in [-0.2, 0) is 11.3 Å². The molecule has 1 heterocycles. The van der Waals surface area contributed by atoms with Gasteiger partial charge >= 0.3 is 12.2 Å². The van der Waals surface area contributed by atoms with Crippen LogP contribution in [-0.4, -0.2) is 44.9 Å². The quantitative estimate of drug-likeness (QED) is 0.855. The van der Waals surface area contributed by atoms with Gasteiger partial charge in [-0.3, -0.25) is 10.1 Å². The van der Waals surface area contributed by atoms with Gasteiger partial charge in [0, 0.05) is 5.56 Å². The van der Waals surface area contributed by atoms with Crippen molar-refractivity contribution in [3.8, 4) is 11.4 Å². The fraction of sp³-hybridized carbons (Fsp3) is 0.250. The van der Waals surface area contributed by atoms with E-state index in [9.17, 15) is 22.8 Å². The van der Waals surface area contributed by atoms with Gasteiger partial charge in [-0.15, -0.1) is 10.2 Å². The van der Waals surface area contributed by atoms with E-state index in [4.69, 9.17) is 11.6 Å². The molecule has 12 heteroatoms. The maximum Gasteiger partial charge on any atom is 0.405 e. The van der Waals surface area contributed by atoms with Gasteiger partial charge in [-0.1, -0.05) is 23.7 Å². The molecule has 0 aliphatic carbocycles. The Hall–Kier alpha value is -2.69. The van der Waals surface area contributed by atoms with Crippen LogP contribution in [0.4, 0.5) is 18.0 Å². The normalized spacial score (nSPS) is 11.2. The van der Waals surface area contributed by atoms with Gasteiger partial charge in [0.1, 0.15) is 13.1 Å². The first-order valence-corrected chi connectivity index (χ1v) is 6.79. The smallest absolute Gasteiger partial charge is 0.329 e. The van der Waals surface area contributed by atoms with Gasteiger partial charge in [0.2, 0.25) is 5.82 Å². The molecular weight excluding hydrogens is 353 g/mol. The summed E-state index contributed by atoms with van der Waals surface area (Å²) >= 11 is 5.97. The monoisotopic (exact) mass is 362 g/mol. The van der Waals surface area contributed by atoms with E-state index in [1.165, 1.54) is 5.32 Å². The number of nitrogens with one attached hydrogen (secondary N) is 2. The number of amides is 3. The standard InChI is InChI=1S/C12H10ClF3N6O2/c13-8-4-2-1-3-7(8)10-19-21-22(20-10)5-9(23)18-11(24)17-6-12(14,15)16/h1-4H,5-6H2,(H2,17,18,23,24). The Bertz CT molecular complexity index is 748. The van der Waals surface area contributed by atoms with E-state index in [0.29, 0.717) is 10.6 Å². The molecular formula is C12H10ClF3N6O2. The number of nitrogens with zero attached hydrogens (tertiary/aromatic N) is 4. The average molecular weight is 363 g/mol. The van der Waals surface area contributed by atoms with Crippen LogP contribution < -0.4 is 10.6 Å². The molecule has 0 atom stereocenters. The third kappa shape index (κ3) is 5.19. The van der Waals surface area contributed by atoms with Gasteiger partial charge < -0.3 is 5.32 Å². The van der Waals surface area contributed by atoms with Crippen LogP contribution >= 0.6 is 11.6 Å². The number of tetrazole rings is 1. The maximum atomic E-state index is 11.9. The van der Waals surface area contributed by atoms with Crippen LogP contribution in [0, 0.1) is 0 Å². The lowest BCUT2D eigenvalue weighted by atomic mass is 10.2. The summed E-state index contributed by atoms with van der Waals surface area (Å²) in [4.78, 5) is 23.6. The molecule has 0 saturated carbocycles. The Morgan fingerprint density at radius 2 is 1.96 bits per heavy atom. The van der Waals surface area contributed by atoms with Gasteiger partial charge in [-0.25, -0.2) is 4.79 Å². The zero-order valence-electron chi connectivity index (χ0n) is 11.8. The lowest BCUT2D eigenvalue weighted by Gasteiger charge is -2.08. The predicted molar refractivity (Wildman–Crippen MR) is 75.9 cm³/mol. The summed E-state index contributed by atoms with van der Waals surface area (Å²) < 4.78 is 35.8. The minimum atomic E-state index is -4.57. The highest BCUT2D eigenvalue weighted by molar-refractivity contribution is 6.33. The summed E-state index contributed by atoms with van der Waals surface area (Å²) in [5, 5.41) is 14.8. The molecule has 0 fully saturated rings. The number of rotatable bonds is 4. The Kier molecular flexibility index (Phi) is 5.34. The average Bonchev–Trinajstić information content (AvgIpc) is 2.93. The molecule has 2 N–H and O–H groups in total. The van der Waals surface area contributed by atoms with Crippen molar-refractivity contribution in [2.24, 2.45) is 0 Å². The number of hydrogen-bond donors (Lipinski definition) is 2. The highest BCUT2D eigenvalue weighted by Crippen LogP contribution is 2.23. The van der Waals surface area contributed by atoms with Crippen LogP contribution in [0.1, 0.15) is 0 Å². The molecule has 2 aromatic rings. The van der Waals surface area contributed by atoms with Gasteiger partial charge in [0.05, 0.1) is 5.02 Å². The summed E-state index contributed by atoms with van der Waals surface area (Å²) in [6.07, 6.45) is -4.57. The third-order valence-corrected chi connectivity index (χ3v) is 2.88. The summed E-state index contributed by atoms with van der Waals surface area (Å²) in [5.74, 6) is -0.743. The molecule has 0 bridgehead atoms. The molecule has 128 valence electrons. The Balaban J connectivity index is 1.91. The molecule has 3 amide bonds. The van der Waals surface area contributed by atoms with E-state index in [0.717, 1.165) is 4.80 Å². The molecule has 1 aromatic carbocycles. The van der Waals surface area contributed by atoms with Crippen LogP contribution in [0.3, 0.4) is 0 Å². The Morgan fingerprint density at radius 3 is 2.62 bits per heavy atom. The molecule has 0 aliphatic rings. The summed E-state index contributed by atoms with van der Waals surface area (Å²) in [5.41, 5.74) is 0.494. The predicted octanol–water partition coefficient (Wildman–Crippen LogP) is 1.38. The van der Waals surface area contributed by atoms with Crippen molar-refractivity contribution in [1.29, 1.82) is 0 Å². The number of imide groups is 1. The zero-order chi connectivity index (χ0) is 17.7. The minimum Gasteiger partial charge on any atom is -0.329 e. The second-order valence-corrected chi connectivity index (χ2v) is 4.88. The van der Waals surface area contributed by atoms with Crippen molar-refractivity contribution in [3.05, 3.63) is 29.3 Å². The first kappa shape index (κ1) is 17.7. The van der Waals surface area contributed by atoms with Crippen LogP contribution in [0.5, 0.6) is 0 Å². The molecule has 0 spiro atoms. The van der Waals surface area contributed by atoms with Crippen molar-refractivity contribution in [2.45, 2.75) is 12.7 Å². The van der Waals surface area contributed by atoms with E-state index in [2.05, 4.69) is 15.4 Å². The first-order valence-electron chi connectivity index (χ1n) is 6.42. The summed E-state index contributed by atoms with van der Waals surface area (Å²) in [7, 11) is 0. The summed E-state index contributed by atoms with van der Waals surface area (Å²) in [6.45, 7) is -2.05. The topological polar surface area (TPSA) is 102 Å². The maximum absolute atomic E-state index is 11.9. The molecule has 0 radical (unpaired) electrons. The van der Waals surface area contributed by atoms with Gasteiger partial charge in [-0.05, 0) is 17.3 Å². The number of urea groups is 1. The van der Waals surface area contributed by atoms with E-state index < -0.39 is 31.2 Å². The molecule has 24 heavy (non-hydrogen) atoms. The molecule has 1 aromatic heterocycles. The summed E-state index contributed by atoms with van der Waals surface area (Å²) in [6, 6.07) is 5.41. The van der Waals surface area contributed by atoms with E-state index >= 15 is 0 Å². The number of benzene rings is 1. The second-order valence-electron chi connectivity index (χ2n) is 4.47. The van der Waals surface area contributed by atoms with Gasteiger partial charge in [0.25, 0.3) is 5.91 Å². The number of alkyl halides is 3. The van der Waals surface area contributed by atoms with Crippen LogP contribution in [0.25, 0.3) is 11.4 Å². The Labute approximate surface area is 138 Å². The molecule has 2 rings (SSSR count). The number of halogens is 4. The highest BCUT2D eigenvalue weighted by atomic mass is 35.5. The first-order chi connectivity index (χ1) is 11.2. The van der Waals surface area contributed by atoms with Crippen molar-refractivity contribution < 1.29 is 22.8 Å². The molecule has 8 nitrogen and oxygen atoms in total. The number of carbonyl (C=O) groups excluding carboxylic acids is 2. The number of aromatic nitrogens is 4. The minimum absolute atomic E-state index is 0.162. The van der Waals surface area contributed by atoms with Crippen molar-refractivity contribution >= 4 is 23.5 Å². The number of carbonyl (C=O) groups is 2. The zero-order valence-corrected chi connectivity index (χ0v) is 12.6. The fourth-order valence-corrected chi connectivity index (χ4v) is 1.80. The number of hydrogen-bond acceptors (Lipinski definition) is 5. The van der Waals surface area contributed by atoms with Crippen molar-refractivity contribution in [1.82, 2.24) is 30.8 Å².